The van der Waals surface area contributed by atoms with Crippen LogP contribution in [0.1, 0.15) is 40.7 Å². The first-order valence-corrected chi connectivity index (χ1v) is 8.78. The lowest BCUT2D eigenvalue weighted by molar-refractivity contribution is 0.0914. The molecule has 1 aliphatic heterocycles. The Hall–Kier alpha value is -2.07. The minimum absolute atomic E-state index is 0.0444. The summed E-state index contributed by atoms with van der Waals surface area (Å²) in [6.45, 7) is 9.01. The maximum Gasteiger partial charge on any atom is 0.253 e. The fraction of sp³-hybridized carbons (Fsp3) is 0.450. The number of nitrogens with one attached hydrogen (secondary N) is 2. The van der Waals surface area contributed by atoms with Crippen LogP contribution in [0.5, 0.6) is 0 Å². The van der Waals surface area contributed by atoms with Gasteiger partial charge < -0.3 is 15.2 Å². The normalized spacial score (nSPS) is 20.8. The van der Waals surface area contributed by atoms with Crippen molar-refractivity contribution in [3.63, 3.8) is 0 Å². The number of aryl methyl sites for hydroxylation is 1. The van der Waals surface area contributed by atoms with Gasteiger partial charge in [-0.3, -0.25) is 4.79 Å². The average Bonchev–Trinajstić information content (AvgIpc) is 2.86. The summed E-state index contributed by atoms with van der Waals surface area (Å²) in [5.41, 5.74) is 4.19. The van der Waals surface area contributed by atoms with Gasteiger partial charge in [-0.05, 0) is 44.4 Å². The second-order valence-electron chi connectivity index (χ2n) is 6.91. The van der Waals surface area contributed by atoms with Crippen molar-refractivity contribution in [1.82, 2.24) is 15.2 Å². The molecular weight excluding hydrogens is 298 g/mol. The molecule has 4 heteroatoms. The van der Waals surface area contributed by atoms with Crippen molar-refractivity contribution in [2.75, 3.05) is 13.1 Å². The van der Waals surface area contributed by atoms with Crippen LogP contribution in [0.15, 0.2) is 36.4 Å². The third-order valence-corrected chi connectivity index (χ3v) is 5.15. The van der Waals surface area contributed by atoms with Crippen LogP contribution in [0.25, 0.3) is 0 Å². The molecule has 1 amide bonds. The van der Waals surface area contributed by atoms with Crippen LogP contribution in [0.4, 0.5) is 0 Å². The van der Waals surface area contributed by atoms with Gasteiger partial charge in [-0.1, -0.05) is 37.3 Å². The standard InChI is InChI=1S/C20H27N3O/c1-14-9-10-21-12-19(14)22-20(24)18-11-15(2)23(16(18)3)13-17-7-5-4-6-8-17/h4-8,11,14,19,21H,9-10,12-13H2,1-3H3,(H,22,24). The Labute approximate surface area is 144 Å². The van der Waals surface area contributed by atoms with Crippen LogP contribution in [0.2, 0.25) is 0 Å². The zero-order valence-electron chi connectivity index (χ0n) is 14.8. The monoisotopic (exact) mass is 325 g/mol. The van der Waals surface area contributed by atoms with Gasteiger partial charge in [0.15, 0.2) is 0 Å². The topological polar surface area (TPSA) is 46.1 Å². The summed E-state index contributed by atoms with van der Waals surface area (Å²) in [5, 5.41) is 6.58. The number of rotatable bonds is 4. The van der Waals surface area contributed by atoms with Crippen molar-refractivity contribution >= 4 is 5.91 Å². The average molecular weight is 325 g/mol. The first-order valence-electron chi connectivity index (χ1n) is 8.78. The Balaban J connectivity index is 1.76. The molecule has 0 spiro atoms. The zero-order valence-corrected chi connectivity index (χ0v) is 14.8. The number of hydrogen-bond donors (Lipinski definition) is 2. The fourth-order valence-electron chi connectivity index (χ4n) is 3.47. The summed E-state index contributed by atoms with van der Waals surface area (Å²) in [5.74, 6) is 0.561. The molecule has 2 unspecified atom stereocenters. The van der Waals surface area contributed by atoms with E-state index < -0.39 is 0 Å². The maximum atomic E-state index is 12.7. The lowest BCUT2D eigenvalue weighted by Crippen LogP contribution is -2.50. The molecule has 0 saturated carbocycles. The van der Waals surface area contributed by atoms with E-state index in [0.29, 0.717) is 5.92 Å². The number of nitrogens with zero attached hydrogens (tertiary/aromatic N) is 1. The molecule has 1 saturated heterocycles. The molecular formula is C20H27N3O. The van der Waals surface area contributed by atoms with Crippen molar-refractivity contribution in [3.05, 3.63) is 58.9 Å². The van der Waals surface area contributed by atoms with Gasteiger partial charge >= 0.3 is 0 Å². The molecule has 0 radical (unpaired) electrons. The number of amides is 1. The number of aromatic nitrogens is 1. The second kappa shape index (κ2) is 7.22. The van der Waals surface area contributed by atoms with Crippen molar-refractivity contribution < 1.29 is 4.79 Å². The Bertz CT molecular complexity index is 705. The number of benzene rings is 1. The molecule has 0 bridgehead atoms. The summed E-state index contributed by atoms with van der Waals surface area (Å²) in [7, 11) is 0. The molecule has 1 aromatic heterocycles. The van der Waals surface area contributed by atoms with E-state index in [-0.39, 0.29) is 11.9 Å². The summed E-state index contributed by atoms with van der Waals surface area (Å²) in [6, 6.07) is 12.6. The Morgan fingerprint density at radius 2 is 2.04 bits per heavy atom. The number of hydrogen-bond acceptors (Lipinski definition) is 2. The highest BCUT2D eigenvalue weighted by atomic mass is 16.1. The van der Waals surface area contributed by atoms with E-state index in [1.807, 2.05) is 19.1 Å². The molecule has 2 N–H and O–H groups in total. The van der Waals surface area contributed by atoms with Crippen LogP contribution in [0, 0.1) is 19.8 Å². The van der Waals surface area contributed by atoms with Gasteiger partial charge in [0.2, 0.25) is 0 Å². The van der Waals surface area contributed by atoms with Crippen molar-refractivity contribution in [2.45, 2.75) is 39.8 Å². The number of piperidine rings is 1. The molecule has 1 aromatic carbocycles. The van der Waals surface area contributed by atoms with Gasteiger partial charge in [-0.25, -0.2) is 0 Å². The van der Waals surface area contributed by atoms with Crippen LogP contribution < -0.4 is 10.6 Å². The van der Waals surface area contributed by atoms with Crippen molar-refractivity contribution in [3.8, 4) is 0 Å². The van der Waals surface area contributed by atoms with E-state index in [0.717, 1.165) is 43.0 Å². The van der Waals surface area contributed by atoms with Crippen LogP contribution in [-0.4, -0.2) is 29.6 Å². The Morgan fingerprint density at radius 1 is 1.29 bits per heavy atom. The molecule has 2 atom stereocenters. The Kier molecular flexibility index (Phi) is 5.05. The van der Waals surface area contributed by atoms with E-state index in [4.69, 9.17) is 0 Å². The highest BCUT2D eigenvalue weighted by Crippen LogP contribution is 2.18. The first-order chi connectivity index (χ1) is 11.6. The Morgan fingerprint density at radius 3 is 2.75 bits per heavy atom. The lowest BCUT2D eigenvalue weighted by atomic mass is 9.94. The van der Waals surface area contributed by atoms with E-state index in [1.165, 1.54) is 5.56 Å². The predicted octanol–water partition coefficient (Wildman–Crippen LogP) is 2.88. The third-order valence-electron chi connectivity index (χ3n) is 5.15. The summed E-state index contributed by atoms with van der Waals surface area (Å²) < 4.78 is 2.22. The van der Waals surface area contributed by atoms with Gasteiger partial charge in [0.25, 0.3) is 5.91 Å². The first kappa shape index (κ1) is 16.8. The smallest absolute Gasteiger partial charge is 0.253 e. The number of carbonyl (C=O) groups is 1. The fourth-order valence-corrected chi connectivity index (χ4v) is 3.47. The minimum atomic E-state index is 0.0444. The van der Waals surface area contributed by atoms with Gasteiger partial charge in [0.05, 0.1) is 5.56 Å². The highest BCUT2D eigenvalue weighted by molar-refractivity contribution is 5.96. The minimum Gasteiger partial charge on any atom is -0.348 e. The quantitative estimate of drug-likeness (QED) is 0.908. The third kappa shape index (κ3) is 3.54. The van der Waals surface area contributed by atoms with Crippen molar-refractivity contribution in [2.24, 2.45) is 5.92 Å². The summed E-state index contributed by atoms with van der Waals surface area (Å²) in [6.07, 6.45) is 1.11. The van der Waals surface area contributed by atoms with Crippen molar-refractivity contribution in [1.29, 1.82) is 0 Å². The largest absolute Gasteiger partial charge is 0.348 e. The summed E-state index contributed by atoms with van der Waals surface area (Å²) in [4.78, 5) is 12.7. The molecule has 1 aliphatic rings. The van der Waals surface area contributed by atoms with E-state index in [9.17, 15) is 4.79 Å². The second-order valence-corrected chi connectivity index (χ2v) is 6.91. The van der Waals surface area contributed by atoms with Crippen LogP contribution >= 0.6 is 0 Å². The van der Waals surface area contributed by atoms with Crippen LogP contribution in [0.3, 0.4) is 0 Å². The maximum absolute atomic E-state index is 12.7. The molecule has 128 valence electrons. The van der Waals surface area contributed by atoms with Crippen LogP contribution in [-0.2, 0) is 6.54 Å². The van der Waals surface area contributed by atoms with E-state index in [1.54, 1.807) is 0 Å². The number of carbonyl (C=O) groups excluding carboxylic acids is 1. The molecule has 24 heavy (non-hydrogen) atoms. The molecule has 2 aromatic rings. The molecule has 3 rings (SSSR count). The van der Waals surface area contributed by atoms with E-state index in [2.05, 4.69) is 53.3 Å². The van der Waals surface area contributed by atoms with Gasteiger partial charge in [-0.2, -0.15) is 0 Å². The molecule has 4 nitrogen and oxygen atoms in total. The van der Waals surface area contributed by atoms with E-state index >= 15 is 0 Å². The lowest BCUT2D eigenvalue weighted by Gasteiger charge is -2.30. The predicted molar refractivity (Wildman–Crippen MR) is 97.4 cm³/mol. The molecule has 2 heterocycles. The highest BCUT2D eigenvalue weighted by Gasteiger charge is 2.24. The van der Waals surface area contributed by atoms with Gasteiger partial charge in [0.1, 0.15) is 0 Å². The summed E-state index contributed by atoms with van der Waals surface area (Å²) >= 11 is 0. The SMILES string of the molecule is Cc1cc(C(=O)NC2CNCCC2C)c(C)n1Cc1ccccc1. The molecule has 1 fully saturated rings. The zero-order chi connectivity index (χ0) is 17.1. The van der Waals surface area contributed by atoms with Gasteiger partial charge in [-0.15, -0.1) is 0 Å². The molecule has 0 aliphatic carbocycles. The van der Waals surface area contributed by atoms with Gasteiger partial charge in [0, 0.05) is 30.5 Å².